The van der Waals surface area contributed by atoms with Gasteiger partial charge in [0.15, 0.2) is 0 Å². The van der Waals surface area contributed by atoms with Gasteiger partial charge in [0.1, 0.15) is 5.82 Å². The van der Waals surface area contributed by atoms with E-state index in [2.05, 4.69) is 34.3 Å². The van der Waals surface area contributed by atoms with E-state index in [1.165, 1.54) is 5.56 Å². The average molecular weight is 264 g/mol. The van der Waals surface area contributed by atoms with Crippen LogP contribution in [0.3, 0.4) is 0 Å². The van der Waals surface area contributed by atoms with E-state index >= 15 is 0 Å². The predicted octanol–water partition coefficient (Wildman–Crippen LogP) is 3.26. The van der Waals surface area contributed by atoms with Crippen LogP contribution in [0.4, 0.5) is 0 Å². The number of aryl methyl sites for hydroxylation is 1. The molecule has 1 aromatic heterocycles. The summed E-state index contributed by atoms with van der Waals surface area (Å²) in [6.45, 7) is 5.04. The Kier molecular flexibility index (Phi) is 4.39. The van der Waals surface area contributed by atoms with E-state index in [-0.39, 0.29) is 6.04 Å². The Morgan fingerprint density at radius 2 is 2.28 bits per heavy atom. The van der Waals surface area contributed by atoms with Crippen LogP contribution < -0.4 is 5.32 Å². The van der Waals surface area contributed by atoms with Gasteiger partial charge in [0.2, 0.25) is 0 Å². The zero-order valence-corrected chi connectivity index (χ0v) is 11.5. The van der Waals surface area contributed by atoms with E-state index in [0.29, 0.717) is 0 Å². The van der Waals surface area contributed by atoms with Gasteiger partial charge in [-0.3, -0.25) is 0 Å². The Morgan fingerprint density at radius 1 is 1.44 bits per heavy atom. The molecule has 1 heterocycles. The van der Waals surface area contributed by atoms with Crippen molar-refractivity contribution in [1.29, 1.82) is 0 Å². The number of H-pyrrole nitrogens is 1. The van der Waals surface area contributed by atoms with Gasteiger partial charge in [-0.25, -0.2) is 4.98 Å². The minimum Gasteiger partial charge on any atom is -0.349 e. The molecule has 0 spiro atoms. The van der Waals surface area contributed by atoms with Crippen molar-refractivity contribution >= 4 is 11.6 Å². The van der Waals surface area contributed by atoms with Gasteiger partial charge in [-0.15, -0.1) is 0 Å². The van der Waals surface area contributed by atoms with E-state index < -0.39 is 0 Å². The molecule has 2 aromatic rings. The lowest BCUT2D eigenvalue weighted by Gasteiger charge is -2.19. The van der Waals surface area contributed by atoms with Gasteiger partial charge >= 0.3 is 0 Å². The van der Waals surface area contributed by atoms with Crippen molar-refractivity contribution in [2.75, 3.05) is 6.54 Å². The number of hydrogen-bond donors (Lipinski definition) is 2. The number of nitrogens with zero attached hydrogens (tertiary/aromatic N) is 1. The van der Waals surface area contributed by atoms with E-state index in [9.17, 15) is 0 Å². The molecular formula is C14H18ClN3. The number of aromatic nitrogens is 2. The number of likely N-dealkylation sites (N-methyl/N-ethyl adjacent to an activating group) is 1. The minimum absolute atomic E-state index is 0.189. The Bertz CT molecular complexity index is 494. The first-order valence-electron chi connectivity index (χ1n) is 6.18. The second-order valence-corrected chi connectivity index (χ2v) is 4.78. The molecular weight excluding hydrogens is 246 g/mol. The van der Waals surface area contributed by atoms with E-state index in [1.807, 2.05) is 19.2 Å². The Balaban J connectivity index is 2.23. The van der Waals surface area contributed by atoms with Gasteiger partial charge in [0.25, 0.3) is 0 Å². The number of aromatic amines is 1. The smallest absolute Gasteiger partial charge is 0.107 e. The number of benzene rings is 1. The molecule has 0 aliphatic heterocycles. The van der Waals surface area contributed by atoms with E-state index in [0.717, 1.165) is 29.4 Å². The highest BCUT2D eigenvalue weighted by molar-refractivity contribution is 6.31. The second kappa shape index (κ2) is 6.03. The zero-order chi connectivity index (χ0) is 13.0. The quantitative estimate of drug-likeness (QED) is 0.869. The molecule has 1 aromatic carbocycles. The first-order chi connectivity index (χ1) is 8.70. The fourth-order valence-corrected chi connectivity index (χ4v) is 2.42. The molecule has 2 N–H and O–H groups in total. The second-order valence-electron chi connectivity index (χ2n) is 4.38. The Labute approximate surface area is 113 Å². The van der Waals surface area contributed by atoms with Crippen LogP contribution in [0.1, 0.15) is 29.9 Å². The topological polar surface area (TPSA) is 40.7 Å². The summed E-state index contributed by atoms with van der Waals surface area (Å²) in [7, 11) is 0. The fourth-order valence-electron chi connectivity index (χ4n) is 2.06. The van der Waals surface area contributed by atoms with E-state index in [4.69, 9.17) is 11.6 Å². The van der Waals surface area contributed by atoms with Crippen molar-refractivity contribution in [1.82, 2.24) is 15.3 Å². The van der Waals surface area contributed by atoms with Gasteiger partial charge in [-0.05, 0) is 30.7 Å². The number of hydrogen-bond acceptors (Lipinski definition) is 2. The molecule has 0 bridgehead atoms. The average Bonchev–Trinajstić information content (AvgIpc) is 2.81. The third-order valence-corrected chi connectivity index (χ3v) is 3.26. The zero-order valence-electron chi connectivity index (χ0n) is 10.7. The number of halogens is 1. The van der Waals surface area contributed by atoms with Crippen molar-refractivity contribution in [2.45, 2.75) is 26.3 Å². The summed E-state index contributed by atoms with van der Waals surface area (Å²) in [5, 5.41) is 4.27. The molecule has 0 fully saturated rings. The molecule has 0 aliphatic carbocycles. The van der Waals surface area contributed by atoms with Crippen molar-refractivity contribution < 1.29 is 0 Å². The summed E-state index contributed by atoms with van der Waals surface area (Å²) in [6, 6.07) is 6.37. The number of nitrogens with one attached hydrogen (secondary N) is 2. The lowest BCUT2D eigenvalue weighted by Crippen LogP contribution is -2.23. The summed E-state index contributed by atoms with van der Waals surface area (Å²) < 4.78 is 0. The van der Waals surface area contributed by atoms with Gasteiger partial charge in [-0.2, -0.15) is 0 Å². The van der Waals surface area contributed by atoms with Crippen molar-refractivity contribution in [3.05, 3.63) is 52.6 Å². The predicted molar refractivity (Wildman–Crippen MR) is 74.9 cm³/mol. The van der Waals surface area contributed by atoms with Gasteiger partial charge in [0.05, 0.1) is 0 Å². The highest BCUT2D eigenvalue weighted by atomic mass is 35.5. The van der Waals surface area contributed by atoms with Gasteiger partial charge in [0, 0.05) is 29.9 Å². The van der Waals surface area contributed by atoms with Gasteiger partial charge in [-0.1, -0.05) is 30.7 Å². The van der Waals surface area contributed by atoms with Crippen LogP contribution in [0.2, 0.25) is 5.02 Å². The molecule has 1 atom stereocenters. The third kappa shape index (κ3) is 3.12. The van der Waals surface area contributed by atoms with Crippen LogP contribution in [0.5, 0.6) is 0 Å². The van der Waals surface area contributed by atoms with Gasteiger partial charge < -0.3 is 10.3 Å². The molecule has 0 aliphatic rings. The van der Waals surface area contributed by atoms with Crippen LogP contribution >= 0.6 is 11.6 Å². The first kappa shape index (κ1) is 13.1. The van der Waals surface area contributed by atoms with Crippen LogP contribution in [0.15, 0.2) is 30.6 Å². The number of rotatable bonds is 5. The molecule has 4 heteroatoms. The van der Waals surface area contributed by atoms with E-state index in [1.54, 1.807) is 6.20 Å². The molecule has 0 radical (unpaired) electrons. The lowest BCUT2D eigenvalue weighted by atomic mass is 10.0. The summed E-state index contributed by atoms with van der Waals surface area (Å²) in [6.07, 6.45) is 4.42. The highest BCUT2D eigenvalue weighted by Crippen LogP contribution is 2.26. The van der Waals surface area contributed by atoms with Crippen LogP contribution in [-0.4, -0.2) is 16.5 Å². The maximum atomic E-state index is 6.33. The SMILES string of the molecule is CCNC(Cc1ncc[nH]1)c1ccc(C)cc1Cl. The largest absolute Gasteiger partial charge is 0.349 e. The monoisotopic (exact) mass is 263 g/mol. The Morgan fingerprint density at radius 3 is 2.89 bits per heavy atom. The number of imidazole rings is 1. The summed E-state index contributed by atoms with van der Waals surface area (Å²) in [4.78, 5) is 7.40. The molecule has 1 unspecified atom stereocenters. The summed E-state index contributed by atoms with van der Waals surface area (Å²) in [5.74, 6) is 0.970. The van der Waals surface area contributed by atoms with Crippen molar-refractivity contribution in [2.24, 2.45) is 0 Å². The maximum Gasteiger partial charge on any atom is 0.107 e. The summed E-state index contributed by atoms with van der Waals surface area (Å²) >= 11 is 6.33. The minimum atomic E-state index is 0.189. The standard InChI is InChI=1S/C14H18ClN3/c1-3-16-13(9-14-17-6-7-18-14)11-5-4-10(2)8-12(11)15/h4-8,13,16H,3,9H2,1-2H3,(H,17,18). The molecule has 0 saturated heterocycles. The fraction of sp³-hybridized carbons (Fsp3) is 0.357. The normalized spacial score (nSPS) is 12.6. The van der Waals surface area contributed by atoms with Crippen molar-refractivity contribution in [3.8, 4) is 0 Å². The lowest BCUT2D eigenvalue weighted by molar-refractivity contribution is 0.539. The highest BCUT2D eigenvalue weighted by Gasteiger charge is 2.15. The summed E-state index contributed by atoms with van der Waals surface area (Å²) in [5.41, 5.74) is 2.30. The maximum absolute atomic E-state index is 6.33. The van der Waals surface area contributed by atoms with Crippen LogP contribution in [0, 0.1) is 6.92 Å². The molecule has 0 saturated carbocycles. The molecule has 18 heavy (non-hydrogen) atoms. The third-order valence-electron chi connectivity index (χ3n) is 2.93. The molecule has 3 nitrogen and oxygen atoms in total. The molecule has 96 valence electrons. The Hall–Kier alpha value is -1.32. The van der Waals surface area contributed by atoms with Crippen LogP contribution in [-0.2, 0) is 6.42 Å². The van der Waals surface area contributed by atoms with Crippen LogP contribution in [0.25, 0.3) is 0 Å². The molecule has 2 rings (SSSR count). The molecule has 0 amide bonds. The van der Waals surface area contributed by atoms with Crippen molar-refractivity contribution in [3.63, 3.8) is 0 Å². The first-order valence-corrected chi connectivity index (χ1v) is 6.56.